The van der Waals surface area contributed by atoms with Crippen molar-refractivity contribution in [3.05, 3.63) is 47.0 Å². The van der Waals surface area contributed by atoms with Crippen LogP contribution in [0.1, 0.15) is 36.6 Å². The first-order valence-corrected chi connectivity index (χ1v) is 8.95. The first-order valence-electron chi connectivity index (χ1n) is 8.95. The molecule has 0 fully saturated rings. The molecule has 0 bridgehead atoms. The Labute approximate surface area is 147 Å². The van der Waals surface area contributed by atoms with Gasteiger partial charge in [-0.1, -0.05) is 0 Å². The summed E-state index contributed by atoms with van der Waals surface area (Å²) in [5.41, 5.74) is 3.84. The smallest absolute Gasteiger partial charge is 0.231 e. The monoisotopic (exact) mass is 342 g/mol. The number of hydrogen-bond donors (Lipinski definition) is 1. The maximum Gasteiger partial charge on any atom is 0.231 e. The number of ether oxygens (including phenoxy) is 4. The van der Waals surface area contributed by atoms with E-state index in [0.29, 0.717) is 20.0 Å². The van der Waals surface area contributed by atoms with E-state index in [4.69, 9.17) is 18.9 Å². The van der Waals surface area contributed by atoms with E-state index in [-0.39, 0.29) is 6.04 Å². The van der Waals surface area contributed by atoms with E-state index in [2.05, 4.69) is 29.6 Å². The molecule has 2 aromatic rings. The molecular weight excluding hydrogens is 318 g/mol. The molecule has 1 atom stereocenters. The van der Waals surface area contributed by atoms with Gasteiger partial charge in [0, 0.05) is 17.5 Å². The van der Waals surface area contributed by atoms with Gasteiger partial charge in [0.15, 0.2) is 23.0 Å². The highest BCUT2D eigenvalue weighted by atomic mass is 16.7. The zero-order valence-corrected chi connectivity index (χ0v) is 14.7. The Morgan fingerprint density at radius 2 is 1.76 bits per heavy atom. The minimum Gasteiger partial charge on any atom is -0.490 e. The third-order valence-electron chi connectivity index (χ3n) is 4.71. The minimum atomic E-state index is 0.230. The van der Waals surface area contributed by atoms with Gasteiger partial charge in [-0.25, -0.2) is 0 Å². The molecule has 0 unspecified atom stereocenters. The Hall–Kier alpha value is -2.40. The van der Waals surface area contributed by atoms with Gasteiger partial charge in [-0.3, -0.25) is 0 Å². The molecule has 5 nitrogen and oxygen atoms in total. The van der Waals surface area contributed by atoms with Gasteiger partial charge in [0.1, 0.15) is 6.04 Å². The third kappa shape index (κ3) is 3.00. The van der Waals surface area contributed by atoms with Gasteiger partial charge >= 0.3 is 0 Å². The van der Waals surface area contributed by atoms with Crippen molar-refractivity contribution in [2.45, 2.75) is 26.3 Å². The average molecular weight is 342 g/mol. The quantitative estimate of drug-likeness (QED) is 0.907. The summed E-state index contributed by atoms with van der Waals surface area (Å²) in [6.07, 6.45) is 1.03. The predicted molar refractivity (Wildman–Crippen MR) is 93.7 cm³/mol. The third-order valence-corrected chi connectivity index (χ3v) is 4.71. The van der Waals surface area contributed by atoms with Crippen LogP contribution in [0.2, 0.25) is 0 Å². The fourth-order valence-electron chi connectivity index (χ4n) is 3.62. The molecule has 0 aromatic heterocycles. The van der Waals surface area contributed by atoms with Crippen LogP contribution in [0.15, 0.2) is 30.3 Å². The Balaban J connectivity index is 1.74. The Morgan fingerprint density at radius 1 is 1.00 bits per heavy atom. The standard InChI is InChI=1S/C20H23NO4/c1-3-22-18-9-13-7-8-21-20(15(13)11-19(18)23-4-2)14-5-6-16-17(10-14)25-12-24-16/h5-6,9-11,20-21H,3-4,7-8,12H2,1-2H3/p+1/t20-/m1/s1. The van der Waals surface area contributed by atoms with Crippen molar-refractivity contribution in [1.29, 1.82) is 0 Å². The second-order valence-electron chi connectivity index (χ2n) is 6.23. The van der Waals surface area contributed by atoms with Crippen molar-refractivity contribution < 1.29 is 24.3 Å². The van der Waals surface area contributed by atoms with Crippen molar-refractivity contribution in [3.8, 4) is 23.0 Å². The molecule has 5 heteroatoms. The molecule has 4 rings (SSSR count). The number of rotatable bonds is 5. The second kappa shape index (κ2) is 6.84. The number of quaternary nitrogens is 1. The van der Waals surface area contributed by atoms with Crippen molar-refractivity contribution in [2.75, 3.05) is 26.6 Å². The van der Waals surface area contributed by atoms with E-state index in [9.17, 15) is 0 Å². The summed E-state index contributed by atoms with van der Waals surface area (Å²) in [4.78, 5) is 0. The van der Waals surface area contributed by atoms with Crippen LogP contribution >= 0.6 is 0 Å². The average Bonchev–Trinajstić information content (AvgIpc) is 3.10. The lowest BCUT2D eigenvalue weighted by molar-refractivity contribution is -0.690. The predicted octanol–water partition coefficient (Wildman–Crippen LogP) is 2.42. The van der Waals surface area contributed by atoms with Gasteiger partial charge < -0.3 is 24.3 Å². The highest BCUT2D eigenvalue weighted by molar-refractivity contribution is 5.52. The molecule has 2 aliphatic heterocycles. The summed E-state index contributed by atoms with van der Waals surface area (Å²) in [7, 11) is 0. The van der Waals surface area contributed by atoms with E-state index in [1.807, 2.05) is 19.9 Å². The molecule has 132 valence electrons. The fourth-order valence-corrected chi connectivity index (χ4v) is 3.62. The molecule has 25 heavy (non-hydrogen) atoms. The second-order valence-corrected chi connectivity index (χ2v) is 6.23. The Morgan fingerprint density at radius 3 is 2.56 bits per heavy atom. The van der Waals surface area contributed by atoms with Crippen molar-refractivity contribution in [3.63, 3.8) is 0 Å². The largest absolute Gasteiger partial charge is 0.490 e. The maximum absolute atomic E-state index is 5.83. The lowest BCUT2D eigenvalue weighted by Gasteiger charge is -2.26. The van der Waals surface area contributed by atoms with Crippen molar-refractivity contribution >= 4 is 0 Å². The zero-order valence-electron chi connectivity index (χ0n) is 14.7. The summed E-state index contributed by atoms with van der Waals surface area (Å²) >= 11 is 0. The van der Waals surface area contributed by atoms with E-state index in [1.165, 1.54) is 16.7 Å². The molecule has 0 spiro atoms. The molecular formula is C20H24NO4+. The van der Waals surface area contributed by atoms with E-state index < -0.39 is 0 Å². The van der Waals surface area contributed by atoms with E-state index in [1.54, 1.807) is 0 Å². The molecule has 0 amide bonds. The Kier molecular flexibility index (Phi) is 4.40. The molecule has 0 radical (unpaired) electrons. The highest BCUT2D eigenvalue weighted by Crippen LogP contribution is 2.39. The molecule has 2 aliphatic rings. The molecule has 2 heterocycles. The van der Waals surface area contributed by atoms with Gasteiger partial charge in [0.2, 0.25) is 6.79 Å². The summed E-state index contributed by atoms with van der Waals surface area (Å²) < 4.78 is 22.6. The van der Waals surface area contributed by atoms with Gasteiger partial charge in [-0.05, 0) is 49.7 Å². The van der Waals surface area contributed by atoms with E-state index >= 15 is 0 Å². The van der Waals surface area contributed by atoms with Gasteiger partial charge in [-0.15, -0.1) is 0 Å². The number of benzene rings is 2. The van der Waals surface area contributed by atoms with Gasteiger partial charge in [0.05, 0.1) is 19.8 Å². The van der Waals surface area contributed by atoms with Crippen molar-refractivity contribution in [2.24, 2.45) is 0 Å². The lowest BCUT2D eigenvalue weighted by atomic mass is 9.89. The van der Waals surface area contributed by atoms with Gasteiger partial charge in [0.25, 0.3) is 0 Å². The molecule has 0 saturated heterocycles. The summed E-state index contributed by atoms with van der Waals surface area (Å²) in [5.74, 6) is 3.31. The molecule has 0 aliphatic carbocycles. The number of hydrogen-bond acceptors (Lipinski definition) is 4. The molecule has 2 aromatic carbocycles. The number of fused-ring (bicyclic) bond motifs is 2. The van der Waals surface area contributed by atoms with Crippen LogP contribution in [-0.4, -0.2) is 26.6 Å². The SMILES string of the molecule is CCOc1cc2c(cc1OCC)[C@@H](c1ccc3c(c1)OCO3)[NH2+]CC2. The number of nitrogens with two attached hydrogens (primary N) is 1. The normalized spacial score (nSPS) is 17.9. The van der Waals surface area contributed by atoms with Crippen LogP contribution in [-0.2, 0) is 6.42 Å². The van der Waals surface area contributed by atoms with Crippen LogP contribution in [0.4, 0.5) is 0 Å². The molecule has 2 N–H and O–H groups in total. The van der Waals surface area contributed by atoms with Crippen LogP contribution in [0, 0.1) is 0 Å². The minimum absolute atomic E-state index is 0.230. The zero-order chi connectivity index (χ0) is 17.2. The summed E-state index contributed by atoms with van der Waals surface area (Å²) in [6.45, 7) is 6.60. The fraction of sp³-hybridized carbons (Fsp3) is 0.400. The molecule has 0 saturated carbocycles. The summed E-state index contributed by atoms with van der Waals surface area (Å²) in [6, 6.07) is 10.7. The lowest BCUT2D eigenvalue weighted by Crippen LogP contribution is -2.87. The highest BCUT2D eigenvalue weighted by Gasteiger charge is 2.28. The first-order chi connectivity index (χ1) is 12.3. The summed E-state index contributed by atoms with van der Waals surface area (Å²) in [5, 5.41) is 2.37. The van der Waals surface area contributed by atoms with Crippen molar-refractivity contribution in [1.82, 2.24) is 0 Å². The van der Waals surface area contributed by atoms with Gasteiger partial charge in [-0.2, -0.15) is 0 Å². The van der Waals surface area contributed by atoms with E-state index in [0.717, 1.165) is 36.0 Å². The Bertz CT molecular complexity index is 775. The van der Waals surface area contributed by atoms with Crippen LogP contribution < -0.4 is 24.3 Å². The topological polar surface area (TPSA) is 53.5 Å². The van der Waals surface area contributed by atoms with Crippen LogP contribution in [0.5, 0.6) is 23.0 Å². The maximum atomic E-state index is 5.83. The van der Waals surface area contributed by atoms with Crippen LogP contribution in [0.25, 0.3) is 0 Å². The first kappa shape index (κ1) is 16.1. The van der Waals surface area contributed by atoms with Crippen LogP contribution in [0.3, 0.4) is 0 Å².